The Balaban J connectivity index is 2.06. The van der Waals surface area contributed by atoms with Crippen LogP contribution in [0, 0.1) is 6.92 Å². The third-order valence-corrected chi connectivity index (χ3v) is 4.22. The van der Waals surface area contributed by atoms with Gasteiger partial charge in [0.15, 0.2) is 6.23 Å². The zero-order chi connectivity index (χ0) is 16.0. The fourth-order valence-electron chi connectivity index (χ4n) is 2.93. The van der Waals surface area contributed by atoms with Crippen LogP contribution in [-0.4, -0.2) is 20.4 Å². The topological polar surface area (TPSA) is 50.4 Å². The predicted octanol–water partition coefficient (Wildman–Crippen LogP) is 3.68. The number of fused-ring (bicyclic) bond motifs is 3. The molecule has 0 aliphatic carbocycles. The van der Waals surface area contributed by atoms with Gasteiger partial charge in [0, 0.05) is 16.1 Å². The van der Waals surface area contributed by atoms with Crippen molar-refractivity contribution in [3.8, 4) is 5.69 Å². The molecule has 0 fully saturated rings. The molecular weight excluding hydrogens is 310 g/mol. The Morgan fingerprint density at radius 2 is 1.91 bits per heavy atom. The number of aliphatic hydroxyl groups is 1. The van der Waals surface area contributed by atoms with Crippen molar-refractivity contribution in [2.24, 2.45) is 4.99 Å². The zero-order valence-electron chi connectivity index (χ0n) is 12.4. The lowest BCUT2D eigenvalue weighted by Crippen LogP contribution is -2.08. The van der Waals surface area contributed by atoms with Gasteiger partial charge in [0.2, 0.25) is 0 Å². The van der Waals surface area contributed by atoms with E-state index in [4.69, 9.17) is 11.6 Å². The van der Waals surface area contributed by atoms with Crippen LogP contribution in [0.5, 0.6) is 0 Å². The minimum Gasteiger partial charge on any atom is -0.367 e. The number of aliphatic imine (C=N–C) groups is 1. The molecule has 2 heterocycles. The molecule has 4 nitrogen and oxygen atoms in total. The largest absolute Gasteiger partial charge is 0.367 e. The summed E-state index contributed by atoms with van der Waals surface area (Å²) in [6.07, 6.45) is 0.688. The number of nitrogens with zero attached hydrogens (tertiary/aromatic N) is 3. The van der Waals surface area contributed by atoms with E-state index in [0.29, 0.717) is 10.7 Å². The molecule has 23 heavy (non-hydrogen) atoms. The van der Waals surface area contributed by atoms with Gasteiger partial charge in [0.1, 0.15) is 5.82 Å². The van der Waals surface area contributed by atoms with Gasteiger partial charge in [-0.15, -0.1) is 0 Å². The van der Waals surface area contributed by atoms with Crippen molar-refractivity contribution in [3.63, 3.8) is 0 Å². The van der Waals surface area contributed by atoms with Gasteiger partial charge >= 0.3 is 0 Å². The standard InChI is InChI=1S/C18H14ClN3O/c1-11-20-10-16-18(23)21-17(12-5-3-2-4-6-12)14-9-13(19)7-8-15(14)22(11)16/h2-10,18,23H,1H3/t18-/m1/s1. The quantitative estimate of drug-likeness (QED) is 0.742. The molecule has 0 bridgehead atoms. The van der Waals surface area contributed by atoms with E-state index in [9.17, 15) is 5.11 Å². The summed E-state index contributed by atoms with van der Waals surface area (Å²) in [5.74, 6) is 0.798. The average molecular weight is 324 g/mol. The average Bonchev–Trinajstić information content (AvgIpc) is 2.89. The highest BCUT2D eigenvalue weighted by Gasteiger charge is 2.25. The smallest absolute Gasteiger partial charge is 0.189 e. The molecule has 0 spiro atoms. The lowest BCUT2D eigenvalue weighted by Gasteiger charge is -2.13. The van der Waals surface area contributed by atoms with Crippen molar-refractivity contribution < 1.29 is 5.11 Å². The molecule has 2 aromatic carbocycles. The number of aryl methyl sites for hydroxylation is 1. The van der Waals surface area contributed by atoms with Crippen molar-refractivity contribution in [3.05, 3.63) is 82.4 Å². The number of aliphatic hydroxyl groups excluding tert-OH is 1. The highest BCUT2D eigenvalue weighted by molar-refractivity contribution is 6.31. The third kappa shape index (κ3) is 2.27. The van der Waals surface area contributed by atoms with E-state index in [1.807, 2.05) is 60.0 Å². The number of hydrogen-bond acceptors (Lipinski definition) is 3. The Labute approximate surface area is 138 Å². The maximum atomic E-state index is 10.5. The van der Waals surface area contributed by atoms with Crippen molar-refractivity contribution in [1.82, 2.24) is 9.55 Å². The van der Waals surface area contributed by atoms with Crippen LogP contribution in [0.15, 0.2) is 59.7 Å². The van der Waals surface area contributed by atoms with Crippen molar-refractivity contribution >= 4 is 17.3 Å². The molecule has 1 atom stereocenters. The summed E-state index contributed by atoms with van der Waals surface area (Å²) in [5, 5.41) is 11.2. The third-order valence-electron chi connectivity index (χ3n) is 3.98. The minimum atomic E-state index is -0.974. The lowest BCUT2D eigenvalue weighted by molar-refractivity contribution is 0.182. The molecule has 1 aromatic heterocycles. The van der Waals surface area contributed by atoms with Crippen LogP contribution in [0.25, 0.3) is 5.69 Å². The first kappa shape index (κ1) is 14.2. The van der Waals surface area contributed by atoms with Gasteiger partial charge in [-0.25, -0.2) is 9.98 Å². The molecule has 1 aliphatic rings. The van der Waals surface area contributed by atoms with Crippen LogP contribution >= 0.6 is 11.6 Å². The summed E-state index contributed by atoms with van der Waals surface area (Å²) in [4.78, 5) is 8.85. The molecule has 5 heteroatoms. The molecule has 1 aliphatic heterocycles. The summed E-state index contributed by atoms with van der Waals surface area (Å²) in [7, 11) is 0. The summed E-state index contributed by atoms with van der Waals surface area (Å²) >= 11 is 6.22. The Morgan fingerprint density at radius 3 is 2.70 bits per heavy atom. The number of aromatic nitrogens is 2. The van der Waals surface area contributed by atoms with E-state index in [0.717, 1.165) is 28.4 Å². The molecule has 1 N–H and O–H groups in total. The lowest BCUT2D eigenvalue weighted by atomic mass is 10.0. The SMILES string of the molecule is Cc1ncc2n1-c1ccc(Cl)cc1C(c1ccccc1)=N[C@@H]2O. The number of halogens is 1. The van der Waals surface area contributed by atoms with E-state index in [1.54, 1.807) is 6.20 Å². The first-order valence-corrected chi connectivity index (χ1v) is 7.69. The Bertz CT molecular complexity index is 915. The molecule has 114 valence electrons. The van der Waals surface area contributed by atoms with Gasteiger partial charge in [-0.2, -0.15) is 0 Å². The first-order valence-electron chi connectivity index (χ1n) is 7.31. The number of imidazole rings is 1. The number of benzene rings is 2. The maximum absolute atomic E-state index is 10.5. The zero-order valence-corrected chi connectivity index (χ0v) is 13.2. The van der Waals surface area contributed by atoms with Crippen LogP contribution in [0.1, 0.15) is 28.9 Å². The molecule has 0 radical (unpaired) electrons. The van der Waals surface area contributed by atoms with Crippen LogP contribution < -0.4 is 0 Å². The number of hydrogen-bond donors (Lipinski definition) is 1. The molecule has 4 rings (SSSR count). The van der Waals surface area contributed by atoms with Crippen LogP contribution in [-0.2, 0) is 0 Å². The Kier molecular flexibility index (Phi) is 3.29. The molecule has 0 amide bonds. The van der Waals surface area contributed by atoms with Gasteiger partial charge in [-0.05, 0) is 25.1 Å². The highest BCUT2D eigenvalue weighted by Crippen LogP contribution is 2.32. The van der Waals surface area contributed by atoms with E-state index in [-0.39, 0.29) is 0 Å². The van der Waals surface area contributed by atoms with Gasteiger partial charge in [0.05, 0.1) is 23.3 Å². The van der Waals surface area contributed by atoms with Crippen molar-refractivity contribution in [2.75, 3.05) is 0 Å². The molecular formula is C18H14ClN3O. The van der Waals surface area contributed by atoms with Crippen molar-refractivity contribution in [1.29, 1.82) is 0 Å². The van der Waals surface area contributed by atoms with E-state index in [2.05, 4.69) is 9.98 Å². The highest BCUT2D eigenvalue weighted by atomic mass is 35.5. The van der Waals surface area contributed by atoms with Crippen LogP contribution in [0.2, 0.25) is 5.02 Å². The maximum Gasteiger partial charge on any atom is 0.189 e. The molecule has 0 saturated heterocycles. The predicted molar refractivity (Wildman–Crippen MR) is 90.4 cm³/mol. The second-order valence-corrected chi connectivity index (χ2v) is 5.88. The summed E-state index contributed by atoms with van der Waals surface area (Å²) < 4.78 is 1.93. The summed E-state index contributed by atoms with van der Waals surface area (Å²) in [6.45, 7) is 1.90. The molecule has 3 aromatic rings. The second kappa shape index (κ2) is 5.33. The summed E-state index contributed by atoms with van der Waals surface area (Å²) in [5.41, 5.74) is 4.10. The van der Waals surface area contributed by atoms with Gasteiger partial charge < -0.3 is 5.11 Å². The Morgan fingerprint density at radius 1 is 1.13 bits per heavy atom. The molecule has 0 saturated carbocycles. The first-order chi connectivity index (χ1) is 11.1. The molecule has 0 unspecified atom stereocenters. The monoisotopic (exact) mass is 323 g/mol. The van der Waals surface area contributed by atoms with E-state index >= 15 is 0 Å². The van der Waals surface area contributed by atoms with Gasteiger partial charge in [0.25, 0.3) is 0 Å². The fourth-order valence-corrected chi connectivity index (χ4v) is 3.11. The van der Waals surface area contributed by atoms with Crippen LogP contribution in [0.4, 0.5) is 0 Å². The number of rotatable bonds is 1. The Hall–Kier alpha value is -2.43. The van der Waals surface area contributed by atoms with Gasteiger partial charge in [-0.1, -0.05) is 41.9 Å². The van der Waals surface area contributed by atoms with E-state index in [1.165, 1.54) is 0 Å². The fraction of sp³-hybridized carbons (Fsp3) is 0.111. The summed E-state index contributed by atoms with van der Waals surface area (Å²) in [6, 6.07) is 15.5. The van der Waals surface area contributed by atoms with Crippen LogP contribution in [0.3, 0.4) is 0 Å². The van der Waals surface area contributed by atoms with Gasteiger partial charge in [-0.3, -0.25) is 4.57 Å². The van der Waals surface area contributed by atoms with E-state index < -0.39 is 6.23 Å². The second-order valence-electron chi connectivity index (χ2n) is 5.44. The minimum absolute atomic E-state index is 0.628. The van der Waals surface area contributed by atoms with Crippen molar-refractivity contribution in [2.45, 2.75) is 13.2 Å². The normalized spacial score (nSPS) is 16.3.